The fraction of sp³-hybridized carbons (Fsp3) is 0.800. The monoisotopic (exact) mass is 240 g/mol. The fourth-order valence-corrected chi connectivity index (χ4v) is 1.90. The molecule has 0 bridgehead atoms. The normalized spacial score (nSPS) is 15.2. The van der Waals surface area contributed by atoms with Crippen molar-refractivity contribution in [3.8, 4) is 0 Å². The predicted octanol–water partition coefficient (Wildman–Crippen LogP) is 4.20. The first-order valence-electron chi connectivity index (χ1n) is 6.80. The Labute approximate surface area is 106 Å². The van der Waals surface area contributed by atoms with Crippen LogP contribution < -0.4 is 0 Å². The lowest BCUT2D eigenvalue weighted by Crippen LogP contribution is -2.14. The molecule has 0 radical (unpaired) electrons. The molecular weight excluding hydrogens is 212 g/mol. The van der Waals surface area contributed by atoms with Crippen molar-refractivity contribution in [2.45, 2.75) is 53.9 Å². The van der Waals surface area contributed by atoms with Crippen molar-refractivity contribution in [2.75, 3.05) is 6.61 Å². The molecule has 2 nitrogen and oxygen atoms in total. The van der Waals surface area contributed by atoms with Crippen LogP contribution in [0.25, 0.3) is 0 Å². The van der Waals surface area contributed by atoms with Gasteiger partial charge in [0.2, 0.25) is 0 Å². The van der Waals surface area contributed by atoms with Gasteiger partial charge in [0.1, 0.15) is 0 Å². The molecule has 0 aromatic carbocycles. The lowest BCUT2D eigenvalue weighted by molar-refractivity contribution is -0.147. The summed E-state index contributed by atoms with van der Waals surface area (Å²) in [5, 5.41) is 0. The van der Waals surface area contributed by atoms with Crippen LogP contribution in [0.4, 0.5) is 0 Å². The van der Waals surface area contributed by atoms with Crippen LogP contribution in [-0.4, -0.2) is 12.6 Å². The Bertz CT molecular complexity index is 231. The van der Waals surface area contributed by atoms with Crippen LogP contribution in [0, 0.1) is 17.8 Å². The van der Waals surface area contributed by atoms with Gasteiger partial charge in [0, 0.05) is 0 Å². The second-order valence-electron chi connectivity index (χ2n) is 5.27. The smallest absolute Gasteiger partial charge is 0.308 e. The van der Waals surface area contributed by atoms with Gasteiger partial charge in [0.25, 0.3) is 0 Å². The van der Waals surface area contributed by atoms with E-state index in [1.54, 1.807) is 0 Å². The van der Waals surface area contributed by atoms with Crippen LogP contribution in [0.3, 0.4) is 0 Å². The second kappa shape index (κ2) is 9.26. The maximum absolute atomic E-state index is 11.4. The Kier molecular flexibility index (Phi) is 8.83. The minimum Gasteiger partial charge on any atom is -0.466 e. The van der Waals surface area contributed by atoms with Crippen LogP contribution in [0.15, 0.2) is 12.2 Å². The maximum atomic E-state index is 11.4. The molecule has 0 N–H and O–H groups in total. The van der Waals surface area contributed by atoms with Gasteiger partial charge in [0.15, 0.2) is 0 Å². The molecule has 0 aliphatic heterocycles. The van der Waals surface area contributed by atoms with E-state index in [2.05, 4.69) is 32.9 Å². The number of esters is 1. The lowest BCUT2D eigenvalue weighted by atomic mass is 9.97. The molecule has 0 saturated heterocycles. The van der Waals surface area contributed by atoms with Gasteiger partial charge < -0.3 is 4.74 Å². The van der Waals surface area contributed by atoms with Crippen LogP contribution in [0.2, 0.25) is 0 Å². The molecule has 0 heterocycles. The van der Waals surface area contributed by atoms with E-state index in [1.807, 2.05) is 13.8 Å². The summed E-state index contributed by atoms with van der Waals surface area (Å²) in [5.41, 5.74) is 0. The minimum atomic E-state index is -0.0730. The van der Waals surface area contributed by atoms with Crippen molar-refractivity contribution in [1.82, 2.24) is 0 Å². The molecule has 0 aliphatic carbocycles. The van der Waals surface area contributed by atoms with E-state index < -0.39 is 0 Å². The van der Waals surface area contributed by atoms with Crippen LogP contribution >= 0.6 is 0 Å². The van der Waals surface area contributed by atoms with E-state index >= 15 is 0 Å². The molecule has 0 fully saturated rings. The molecule has 17 heavy (non-hydrogen) atoms. The van der Waals surface area contributed by atoms with E-state index in [0.29, 0.717) is 12.5 Å². The summed E-state index contributed by atoms with van der Waals surface area (Å²) >= 11 is 0. The van der Waals surface area contributed by atoms with Crippen LogP contribution in [0.5, 0.6) is 0 Å². The Balaban J connectivity index is 3.75. The Morgan fingerprint density at radius 1 is 1.24 bits per heavy atom. The third kappa shape index (κ3) is 8.96. The summed E-state index contributed by atoms with van der Waals surface area (Å²) in [5.74, 6) is 1.32. The fourth-order valence-electron chi connectivity index (χ4n) is 1.90. The standard InChI is InChI=1S/C15H28O2/c1-6-17-15(16)14(5)10-8-7-9-13(4)11-12(2)3/h7,9,12-14H,6,8,10-11H2,1-5H3/b9-7-. The topological polar surface area (TPSA) is 26.3 Å². The van der Waals surface area contributed by atoms with Crippen LogP contribution in [0.1, 0.15) is 53.9 Å². The van der Waals surface area contributed by atoms with Gasteiger partial charge in [-0.25, -0.2) is 0 Å². The number of carbonyl (C=O) groups is 1. The first kappa shape index (κ1) is 16.2. The van der Waals surface area contributed by atoms with Gasteiger partial charge >= 0.3 is 5.97 Å². The van der Waals surface area contributed by atoms with E-state index in [1.165, 1.54) is 6.42 Å². The van der Waals surface area contributed by atoms with Crippen molar-refractivity contribution in [2.24, 2.45) is 17.8 Å². The minimum absolute atomic E-state index is 0.0139. The highest BCUT2D eigenvalue weighted by atomic mass is 16.5. The largest absolute Gasteiger partial charge is 0.466 e. The molecule has 2 unspecified atom stereocenters. The summed E-state index contributed by atoms with van der Waals surface area (Å²) in [4.78, 5) is 11.4. The first-order valence-corrected chi connectivity index (χ1v) is 6.80. The number of ether oxygens (including phenoxy) is 1. The number of allylic oxidation sites excluding steroid dienone is 2. The van der Waals surface area contributed by atoms with Gasteiger partial charge in [0.05, 0.1) is 12.5 Å². The molecule has 0 aromatic rings. The summed E-state index contributed by atoms with van der Waals surface area (Å²) in [7, 11) is 0. The summed E-state index contributed by atoms with van der Waals surface area (Å²) < 4.78 is 4.97. The number of hydrogen-bond donors (Lipinski definition) is 0. The molecule has 100 valence electrons. The summed E-state index contributed by atoms with van der Waals surface area (Å²) in [6, 6.07) is 0. The van der Waals surface area contributed by atoms with Crippen molar-refractivity contribution in [1.29, 1.82) is 0 Å². The lowest BCUT2D eigenvalue weighted by Gasteiger charge is -2.10. The van der Waals surface area contributed by atoms with Crippen molar-refractivity contribution in [3.05, 3.63) is 12.2 Å². The van der Waals surface area contributed by atoms with Gasteiger partial charge in [-0.15, -0.1) is 0 Å². The third-order valence-electron chi connectivity index (χ3n) is 2.76. The molecule has 2 atom stereocenters. The highest BCUT2D eigenvalue weighted by Gasteiger charge is 2.12. The Morgan fingerprint density at radius 3 is 2.41 bits per heavy atom. The predicted molar refractivity (Wildman–Crippen MR) is 72.8 cm³/mol. The van der Waals surface area contributed by atoms with Crippen molar-refractivity contribution >= 4 is 5.97 Å². The molecule has 0 rings (SSSR count). The molecule has 0 spiro atoms. The molecule has 0 saturated carbocycles. The van der Waals surface area contributed by atoms with Gasteiger partial charge in [-0.3, -0.25) is 4.79 Å². The quantitative estimate of drug-likeness (QED) is 0.469. The van der Waals surface area contributed by atoms with E-state index in [4.69, 9.17) is 4.74 Å². The highest BCUT2D eigenvalue weighted by molar-refractivity contribution is 5.71. The van der Waals surface area contributed by atoms with Crippen LogP contribution in [-0.2, 0) is 9.53 Å². The number of rotatable bonds is 8. The molecule has 2 heteroatoms. The van der Waals surface area contributed by atoms with E-state index in [0.717, 1.165) is 18.8 Å². The van der Waals surface area contributed by atoms with Gasteiger partial charge in [-0.1, -0.05) is 39.8 Å². The maximum Gasteiger partial charge on any atom is 0.308 e. The Hall–Kier alpha value is -0.790. The van der Waals surface area contributed by atoms with E-state index in [9.17, 15) is 4.79 Å². The average Bonchev–Trinajstić information content (AvgIpc) is 2.23. The SMILES string of the molecule is CCOC(=O)C(C)CC/C=C\C(C)CC(C)C. The van der Waals surface area contributed by atoms with Gasteiger partial charge in [-0.2, -0.15) is 0 Å². The zero-order valence-electron chi connectivity index (χ0n) is 12.0. The summed E-state index contributed by atoms with van der Waals surface area (Å²) in [6.45, 7) is 11.0. The zero-order valence-corrected chi connectivity index (χ0v) is 12.0. The third-order valence-corrected chi connectivity index (χ3v) is 2.76. The highest BCUT2D eigenvalue weighted by Crippen LogP contribution is 2.14. The molecule has 0 aliphatic rings. The molecule has 0 aromatic heterocycles. The van der Waals surface area contributed by atoms with Gasteiger partial charge in [-0.05, 0) is 38.0 Å². The van der Waals surface area contributed by atoms with Crippen molar-refractivity contribution in [3.63, 3.8) is 0 Å². The zero-order chi connectivity index (χ0) is 13.3. The van der Waals surface area contributed by atoms with Crippen molar-refractivity contribution < 1.29 is 9.53 Å². The molecule has 0 amide bonds. The van der Waals surface area contributed by atoms with E-state index in [-0.39, 0.29) is 11.9 Å². The molecular formula is C15H28O2. The average molecular weight is 240 g/mol. The summed E-state index contributed by atoms with van der Waals surface area (Å²) in [6.07, 6.45) is 7.52. The number of carbonyl (C=O) groups excluding carboxylic acids is 1. The second-order valence-corrected chi connectivity index (χ2v) is 5.27. The first-order chi connectivity index (χ1) is 7.97. The Morgan fingerprint density at radius 2 is 1.88 bits per heavy atom. The number of hydrogen-bond acceptors (Lipinski definition) is 2.